The second kappa shape index (κ2) is 6.46. The van der Waals surface area contributed by atoms with Gasteiger partial charge in [0.1, 0.15) is 6.54 Å². The molecule has 1 aliphatic heterocycles. The third-order valence-electron chi connectivity index (χ3n) is 4.44. The van der Waals surface area contributed by atoms with Gasteiger partial charge >= 0.3 is 0 Å². The van der Waals surface area contributed by atoms with E-state index in [-0.39, 0.29) is 12.5 Å². The van der Waals surface area contributed by atoms with Gasteiger partial charge in [-0.3, -0.25) is 9.48 Å². The Morgan fingerprint density at radius 1 is 1.24 bits per heavy atom. The first-order chi connectivity index (χ1) is 12.2. The van der Waals surface area contributed by atoms with Crippen LogP contribution in [0.25, 0.3) is 11.4 Å². The lowest BCUT2D eigenvalue weighted by Gasteiger charge is -2.39. The van der Waals surface area contributed by atoms with E-state index in [1.54, 1.807) is 9.36 Å². The van der Waals surface area contributed by atoms with E-state index in [1.165, 1.54) is 5.56 Å². The van der Waals surface area contributed by atoms with Gasteiger partial charge in [0.05, 0.1) is 6.20 Å². The number of rotatable bonds is 5. The number of carbonyl (C=O) groups is 1. The van der Waals surface area contributed by atoms with Crippen LogP contribution in [-0.4, -0.2) is 53.9 Å². The number of hydrogen-bond acceptors (Lipinski definition) is 5. The highest BCUT2D eigenvalue weighted by Gasteiger charge is 2.31. The van der Waals surface area contributed by atoms with Gasteiger partial charge in [0.15, 0.2) is 5.82 Å². The van der Waals surface area contributed by atoms with Gasteiger partial charge in [0.25, 0.3) is 0 Å². The first-order valence-corrected chi connectivity index (χ1v) is 8.26. The average molecular weight is 337 g/mol. The lowest BCUT2D eigenvalue weighted by Crippen LogP contribution is -2.51. The normalized spacial score (nSPS) is 14.5. The monoisotopic (exact) mass is 337 g/mol. The van der Waals surface area contributed by atoms with Crippen LogP contribution in [0.1, 0.15) is 5.56 Å². The minimum absolute atomic E-state index is 0.0481. The second-order valence-electron chi connectivity index (χ2n) is 6.42. The van der Waals surface area contributed by atoms with Crippen molar-refractivity contribution in [1.82, 2.24) is 34.9 Å². The van der Waals surface area contributed by atoms with Gasteiger partial charge in [-0.25, -0.2) is 4.68 Å². The Hall–Kier alpha value is -3.03. The highest BCUT2D eigenvalue weighted by Crippen LogP contribution is 2.21. The van der Waals surface area contributed by atoms with Crippen molar-refractivity contribution in [2.45, 2.75) is 13.0 Å². The molecule has 1 aliphatic rings. The molecule has 4 rings (SSSR count). The number of hydrogen-bond donors (Lipinski definition) is 0. The van der Waals surface area contributed by atoms with Crippen LogP contribution >= 0.6 is 0 Å². The Morgan fingerprint density at radius 2 is 2.04 bits per heavy atom. The first kappa shape index (κ1) is 15.5. The SMILES string of the molecule is Cn1cc(CC2CN(C(=O)Cn3nnnc3-c3ccccc3)C2)cn1. The van der Waals surface area contributed by atoms with E-state index in [9.17, 15) is 4.79 Å². The Kier molecular flexibility index (Phi) is 4.01. The summed E-state index contributed by atoms with van der Waals surface area (Å²) in [5.41, 5.74) is 2.12. The minimum Gasteiger partial charge on any atom is -0.340 e. The Balaban J connectivity index is 1.34. The highest BCUT2D eigenvalue weighted by molar-refractivity contribution is 5.77. The molecular weight excluding hydrogens is 318 g/mol. The molecule has 128 valence electrons. The molecule has 0 spiro atoms. The number of amides is 1. The van der Waals surface area contributed by atoms with Crippen molar-refractivity contribution in [1.29, 1.82) is 0 Å². The molecule has 1 aromatic carbocycles. The molecule has 2 aromatic heterocycles. The number of aromatic nitrogens is 6. The smallest absolute Gasteiger partial charge is 0.244 e. The molecule has 3 aromatic rings. The number of tetrazole rings is 1. The summed E-state index contributed by atoms with van der Waals surface area (Å²) >= 11 is 0. The van der Waals surface area contributed by atoms with E-state index >= 15 is 0 Å². The molecule has 0 saturated carbocycles. The van der Waals surface area contributed by atoms with Crippen molar-refractivity contribution in [3.05, 3.63) is 48.3 Å². The summed E-state index contributed by atoms with van der Waals surface area (Å²) in [4.78, 5) is 14.3. The first-order valence-electron chi connectivity index (χ1n) is 8.26. The number of aryl methyl sites for hydroxylation is 1. The maximum Gasteiger partial charge on any atom is 0.244 e. The number of nitrogens with zero attached hydrogens (tertiary/aromatic N) is 7. The van der Waals surface area contributed by atoms with Crippen LogP contribution in [0.4, 0.5) is 0 Å². The molecule has 1 fully saturated rings. The lowest BCUT2D eigenvalue weighted by molar-refractivity contribution is -0.138. The van der Waals surface area contributed by atoms with Gasteiger partial charge < -0.3 is 4.90 Å². The summed E-state index contributed by atoms with van der Waals surface area (Å²) in [6, 6.07) is 9.65. The quantitative estimate of drug-likeness (QED) is 0.687. The fourth-order valence-electron chi connectivity index (χ4n) is 3.15. The maximum atomic E-state index is 12.5. The van der Waals surface area contributed by atoms with E-state index in [0.717, 1.165) is 25.1 Å². The Bertz CT molecular complexity index is 864. The number of benzene rings is 1. The van der Waals surface area contributed by atoms with Gasteiger partial charge in [-0.2, -0.15) is 5.10 Å². The third kappa shape index (κ3) is 3.28. The van der Waals surface area contributed by atoms with Crippen LogP contribution in [0.2, 0.25) is 0 Å². The van der Waals surface area contributed by atoms with Crippen molar-refractivity contribution in [2.24, 2.45) is 13.0 Å². The molecule has 0 atom stereocenters. The van der Waals surface area contributed by atoms with Crippen molar-refractivity contribution in [3.8, 4) is 11.4 Å². The maximum absolute atomic E-state index is 12.5. The topological polar surface area (TPSA) is 81.7 Å². The largest absolute Gasteiger partial charge is 0.340 e. The van der Waals surface area contributed by atoms with E-state index < -0.39 is 0 Å². The average Bonchev–Trinajstić information content (AvgIpc) is 3.20. The van der Waals surface area contributed by atoms with E-state index in [1.807, 2.05) is 54.7 Å². The molecular formula is C17H19N7O. The Labute approximate surface area is 145 Å². The van der Waals surface area contributed by atoms with Crippen LogP contribution in [-0.2, 0) is 24.8 Å². The molecule has 0 bridgehead atoms. The molecule has 0 radical (unpaired) electrons. The molecule has 1 amide bonds. The van der Waals surface area contributed by atoms with Gasteiger partial charge in [0, 0.05) is 31.9 Å². The minimum atomic E-state index is 0.0481. The zero-order chi connectivity index (χ0) is 17.2. The highest BCUT2D eigenvalue weighted by atomic mass is 16.2. The second-order valence-corrected chi connectivity index (χ2v) is 6.42. The summed E-state index contributed by atoms with van der Waals surface area (Å²) in [5.74, 6) is 1.16. The van der Waals surface area contributed by atoms with Crippen molar-refractivity contribution >= 4 is 5.91 Å². The van der Waals surface area contributed by atoms with Gasteiger partial charge in [-0.05, 0) is 28.3 Å². The standard InChI is InChI=1S/C17H19N7O/c1-22-9-13(8-18-22)7-14-10-23(11-14)16(25)12-24-17(19-20-21-24)15-5-3-2-4-6-15/h2-6,8-9,14H,7,10-12H2,1H3. The zero-order valence-electron chi connectivity index (χ0n) is 14.0. The summed E-state index contributed by atoms with van der Waals surface area (Å²) in [5, 5.41) is 15.9. The van der Waals surface area contributed by atoms with Crippen molar-refractivity contribution < 1.29 is 4.79 Å². The third-order valence-corrected chi connectivity index (χ3v) is 4.44. The number of carbonyl (C=O) groups excluding carboxylic acids is 1. The van der Waals surface area contributed by atoms with Crippen LogP contribution in [0.5, 0.6) is 0 Å². The van der Waals surface area contributed by atoms with Gasteiger partial charge in [-0.1, -0.05) is 30.3 Å². The molecule has 8 heteroatoms. The fourth-order valence-corrected chi connectivity index (χ4v) is 3.15. The summed E-state index contributed by atoms with van der Waals surface area (Å²) in [7, 11) is 1.91. The van der Waals surface area contributed by atoms with Crippen LogP contribution in [0, 0.1) is 5.92 Å². The molecule has 3 heterocycles. The fraction of sp³-hybridized carbons (Fsp3) is 0.353. The zero-order valence-corrected chi connectivity index (χ0v) is 14.0. The predicted molar refractivity (Wildman–Crippen MR) is 90.2 cm³/mol. The van der Waals surface area contributed by atoms with Crippen molar-refractivity contribution in [3.63, 3.8) is 0 Å². The van der Waals surface area contributed by atoms with E-state index in [2.05, 4.69) is 20.6 Å². The van der Waals surface area contributed by atoms with Crippen molar-refractivity contribution in [2.75, 3.05) is 13.1 Å². The van der Waals surface area contributed by atoms with E-state index in [0.29, 0.717) is 11.7 Å². The molecule has 0 aliphatic carbocycles. The lowest BCUT2D eigenvalue weighted by atomic mass is 9.93. The summed E-state index contributed by atoms with van der Waals surface area (Å²) < 4.78 is 3.37. The molecule has 1 saturated heterocycles. The predicted octanol–water partition coefficient (Wildman–Crippen LogP) is 0.775. The van der Waals surface area contributed by atoms with Crippen LogP contribution in [0.15, 0.2) is 42.7 Å². The van der Waals surface area contributed by atoms with Crippen LogP contribution < -0.4 is 0 Å². The van der Waals surface area contributed by atoms with E-state index in [4.69, 9.17) is 0 Å². The Morgan fingerprint density at radius 3 is 2.76 bits per heavy atom. The molecule has 0 N–H and O–H groups in total. The van der Waals surface area contributed by atoms with Crippen LogP contribution in [0.3, 0.4) is 0 Å². The summed E-state index contributed by atoms with van der Waals surface area (Å²) in [6.07, 6.45) is 4.87. The molecule has 0 unspecified atom stereocenters. The molecule has 8 nitrogen and oxygen atoms in total. The summed E-state index contributed by atoms with van der Waals surface area (Å²) in [6.45, 7) is 1.71. The van der Waals surface area contributed by atoms with Gasteiger partial charge in [0.2, 0.25) is 5.91 Å². The number of likely N-dealkylation sites (tertiary alicyclic amines) is 1. The van der Waals surface area contributed by atoms with Gasteiger partial charge in [-0.15, -0.1) is 5.10 Å². The molecule has 25 heavy (non-hydrogen) atoms.